The number of carbonyl (C=O) groups excluding carboxylic acids is 1. The van der Waals surface area contributed by atoms with Crippen LogP contribution < -0.4 is 5.32 Å². The highest BCUT2D eigenvalue weighted by molar-refractivity contribution is 7.13. The molecule has 0 aliphatic carbocycles. The number of aromatic nitrogens is 1. The second-order valence-electron chi connectivity index (χ2n) is 3.79. The smallest absolute Gasteiger partial charge is 0.298 e. The second-order valence-corrected chi connectivity index (χ2v) is 4.65. The Morgan fingerprint density at radius 3 is 2.58 bits per heavy atom. The largest absolute Gasteiger partial charge is 0.417 e. The van der Waals surface area contributed by atoms with Crippen LogP contribution in [0.5, 0.6) is 0 Å². The number of anilines is 1. The van der Waals surface area contributed by atoms with Crippen LogP contribution in [-0.2, 0) is 6.18 Å². The summed E-state index contributed by atoms with van der Waals surface area (Å²) in [6.07, 6.45) is -4.56. The lowest BCUT2D eigenvalue weighted by Crippen LogP contribution is -2.18. The van der Waals surface area contributed by atoms with E-state index in [0.29, 0.717) is 5.69 Å². The maximum absolute atomic E-state index is 12.8. The molecule has 1 amide bonds. The Kier molecular flexibility index (Phi) is 3.57. The lowest BCUT2D eigenvalue weighted by Gasteiger charge is -2.11. The SMILES string of the molecule is Cc1csc(NC(=O)c2ccccc2C(F)(F)F)n1. The number of amides is 1. The Bertz CT molecular complexity index is 607. The molecule has 3 nitrogen and oxygen atoms in total. The van der Waals surface area contributed by atoms with Gasteiger partial charge in [0.25, 0.3) is 5.91 Å². The van der Waals surface area contributed by atoms with E-state index in [0.717, 1.165) is 23.5 Å². The van der Waals surface area contributed by atoms with Gasteiger partial charge in [0.15, 0.2) is 5.13 Å². The van der Waals surface area contributed by atoms with Crippen LogP contribution in [0.1, 0.15) is 21.6 Å². The van der Waals surface area contributed by atoms with Crippen LogP contribution in [0.4, 0.5) is 18.3 Å². The number of benzene rings is 1. The molecular formula is C12H9F3N2OS. The first-order valence-corrected chi connectivity index (χ1v) is 6.15. The van der Waals surface area contributed by atoms with E-state index in [1.165, 1.54) is 12.1 Å². The van der Waals surface area contributed by atoms with Crippen molar-refractivity contribution in [2.75, 3.05) is 5.32 Å². The summed E-state index contributed by atoms with van der Waals surface area (Å²) in [5.74, 6) is -0.817. The number of thiazole rings is 1. The van der Waals surface area contributed by atoms with E-state index in [-0.39, 0.29) is 5.13 Å². The molecule has 2 rings (SSSR count). The molecule has 1 N–H and O–H groups in total. The first-order chi connectivity index (χ1) is 8.88. The van der Waals surface area contributed by atoms with E-state index in [9.17, 15) is 18.0 Å². The summed E-state index contributed by atoms with van der Waals surface area (Å²) in [5.41, 5.74) is -0.673. The molecule has 1 aromatic heterocycles. The van der Waals surface area contributed by atoms with Crippen molar-refractivity contribution in [3.63, 3.8) is 0 Å². The first-order valence-electron chi connectivity index (χ1n) is 5.27. The molecule has 0 saturated heterocycles. The third-order valence-electron chi connectivity index (χ3n) is 2.32. The van der Waals surface area contributed by atoms with Crippen LogP contribution >= 0.6 is 11.3 Å². The number of hydrogen-bond donors (Lipinski definition) is 1. The Hall–Kier alpha value is -1.89. The van der Waals surface area contributed by atoms with Crippen LogP contribution in [-0.4, -0.2) is 10.9 Å². The Morgan fingerprint density at radius 2 is 2.00 bits per heavy atom. The van der Waals surface area contributed by atoms with Gasteiger partial charge in [-0.25, -0.2) is 4.98 Å². The highest BCUT2D eigenvalue weighted by Crippen LogP contribution is 2.32. The summed E-state index contributed by atoms with van der Waals surface area (Å²) in [6.45, 7) is 1.73. The predicted molar refractivity (Wildman–Crippen MR) is 66.2 cm³/mol. The van der Waals surface area contributed by atoms with Gasteiger partial charge < -0.3 is 0 Å². The zero-order valence-corrected chi connectivity index (χ0v) is 10.6. The fraction of sp³-hybridized carbons (Fsp3) is 0.167. The highest BCUT2D eigenvalue weighted by Gasteiger charge is 2.34. The van der Waals surface area contributed by atoms with Crippen LogP contribution in [0.25, 0.3) is 0 Å². The quantitative estimate of drug-likeness (QED) is 0.914. The van der Waals surface area contributed by atoms with E-state index >= 15 is 0 Å². The number of nitrogens with zero attached hydrogens (tertiary/aromatic N) is 1. The van der Waals surface area contributed by atoms with E-state index in [1.54, 1.807) is 12.3 Å². The molecule has 0 unspecified atom stereocenters. The number of hydrogen-bond acceptors (Lipinski definition) is 3. The molecule has 0 aliphatic heterocycles. The maximum atomic E-state index is 12.8. The number of aryl methyl sites for hydroxylation is 1. The van der Waals surface area contributed by atoms with E-state index in [1.807, 2.05) is 0 Å². The summed E-state index contributed by atoms with van der Waals surface area (Å²) < 4.78 is 38.3. The Balaban J connectivity index is 2.29. The molecule has 0 atom stereocenters. The van der Waals surface area contributed by atoms with Gasteiger partial charge in [-0.1, -0.05) is 12.1 Å². The molecule has 0 fully saturated rings. The third kappa shape index (κ3) is 3.11. The third-order valence-corrected chi connectivity index (χ3v) is 3.19. The van der Waals surface area contributed by atoms with Gasteiger partial charge in [-0.3, -0.25) is 10.1 Å². The lowest BCUT2D eigenvalue weighted by molar-refractivity contribution is -0.137. The molecular weight excluding hydrogens is 277 g/mol. The second kappa shape index (κ2) is 5.00. The number of halogens is 3. The van der Waals surface area contributed by atoms with Gasteiger partial charge in [0.2, 0.25) is 0 Å². The van der Waals surface area contributed by atoms with Crippen molar-refractivity contribution in [2.24, 2.45) is 0 Å². The van der Waals surface area contributed by atoms with E-state index < -0.39 is 23.2 Å². The summed E-state index contributed by atoms with van der Waals surface area (Å²) in [7, 11) is 0. The van der Waals surface area contributed by atoms with Crippen LogP contribution in [0.15, 0.2) is 29.6 Å². The van der Waals surface area contributed by atoms with Crippen molar-refractivity contribution >= 4 is 22.4 Å². The topological polar surface area (TPSA) is 42.0 Å². The Morgan fingerprint density at radius 1 is 1.32 bits per heavy atom. The monoisotopic (exact) mass is 286 g/mol. The van der Waals surface area contributed by atoms with Gasteiger partial charge >= 0.3 is 6.18 Å². The number of rotatable bonds is 2. The summed E-state index contributed by atoms with van der Waals surface area (Å²) in [6, 6.07) is 4.64. The fourth-order valence-corrected chi connectivity index (χ4v) is 2.19. The van der Waals surface area contributed by atoms with Gasteiger partial charge in [0.1, 0.15) is 0 Å². The van der Waals surface area contributed by atoms with E-state index in [2.05, 4.69) is 10.3 Å². The first kappa shape index (κ1) is 13.5. The molecule has 2 aromatic rings. The maximum Gasteiger partial charge on any atom is 0.417 e. The van der Waals surface area contributed by atoms with Gasteiger partial charge in [0, 0.05) is 5.38 Å². The molecule has 0 radical (unpaired) electrons. The minimum atomic E-state index is -4.56. The molecule has 0 aliphatic rings. The van der Waals surface area contributed by atoms with Gasteiger partial charge in [0.05, 0.1) is 16.8 Å². The zero-order valence-electron chi connectivity index (χ0n) is 9.78. The fourth-order valence-electron chi connectivity index (χ4n) is 1.50. The molecule has 100 valence electrons. The van der Waals surface area contributed by atoms with Crippen molar-refractivity contribution in [1.29, 1.82) is 0 Å². The number of carbonyl (C=O) groups is 1. The van der Waals surface area contributed by atoms with Crippen LogP contribution in [0, 0.1) is 6.92 Å². The van der Waals surface area contributed by atoms with Crippen LogP contribution in [0.2, 0.25) is 0 Å². The Labute approximate surface area is 111 Å². The lowest BCUT2D eigenvalue weighted by atomic mass is 10.1. The molecule has 0 spiro atoms. The highest BCUT2D eigenvalue weighted by atomic mass is 32.1. The average Bonchev–Trinajstić information content (AvgIpc) is 2.73. The molecule has 1 heterocycles. The average molecular weight is 286 g/mol. The number of nitrogens with one attached hydrogen (secondary N) is 1. The van der Waals surface area contributed by atoms with Gasteiger partial charge in [-0.05, 0) is 19.1 Å². The van der Waals surface area contributed by atoms with E-state index in [4.69, 9.17) is 0 Å². The summed E-state index contributed by atoms with van der Waals surface area (Å²) in [5, 5.41) is 4.34. The molecule has 7 heteroatoms. The molecule has 0 saturated carbocycles. The summed E-state index contributed by atoms with van der Waals surface area (Å²) in [4.78, 5) is 15.8. The molecule has 0 bridgehead atoms. The standard InChI is InChI=1S/C12H9F3N2OS/c1-7-6-19-11(16-7)17-10(18)8-4-2-3-5-9(8)12(13,14)15/h2-6H,1H3,(H,16,17,18). The van der Waals surface area contributed by atoms with Crippen molar-refractivity contribution < 1.29 is 18.0 Å². The van der Waals surface area contributed by atoms with Crippen molar-refractivity contribution in [2.45, 2.75) is 13.1 Å². The minimum Gasteiger partial charge on any atom is -0.298 e. The molecule has 1 aromatic carbocycles. The minimum absolute atomic E-state index is 0.277. The zero-order chi connectivity index (χ0) is 14.0. The summed E-state index contributed by atoms with van der Waals surface area (Å²) >= 11 is 1.16. The van der Waals surface area contributed by atoms with Crippen molar-refractivity contribution in [3.8, 4) is 0 Å². The van der Waals surface area contributed by atoms with Crippen LogP contribution in [0.3, 0.4) is 0 Å². The molecule has 19 heavy (non-hydrogen) atoms. The van der Waals surface area contributed by atoms with Crippen molar-refractivity contribution in [1.82, 2.24) is 4.98 Å². The van der Waals surface area contributed by atoms with Gasteiger partial charge in [-0.2, -0.15) is 13.2 Å². The normalized spacial score (nSPS) is 11.4. The number of alkyl halides is 3. The van der Waals surface area contributed by atoms with Gasteiger partial charge in [-0.15, -0.1) is 11.3 Å². The van der Waals surface area contributed by atoms with Crippen molar-refractivity contribution in [3.05, 3.63) is 46.5 Å². The predicted octanol–water partition coefficient (Wildman–Crippen LogP) is 3.72.